The highest BCUT2D eigenvalue weighted by Crippen LogP contribution is 2.36. The minimum atomic E-state index is 0.241. The summed E-state index contributed by atoms with van der Waals surface area (Å²) >= 11 is 15.5. The standard InChI is InChI=1S/C15H15BrCl2N2O/c1-3-13(19-2)14-5-4-9(8-20-14)21-15-7-11(17)10(16)6-12(15)18/h4-8,13,19H,3H2,1-2H3. The molecule has 0 saturated carbocycles. The number of aromatic nitrogens is 1. The van der Waals surface area contributed by atoms with Crippen molar-refractivity contribution in [3.8, 4) is 11.5 Å². The first-order chi connectivity index (χ1) is 10.0. The Morgan fingerprint density at radius 3 is 2.62 bits per heavy atom. The molecular weight excluding hydrogens is 375 g/mol. The van der Waals surface area contributed by atoms with E-state index in [0.717, 1.165) is 16.6 Å². The van der Waals surface area contributed by atoms with Crippen molar-refractivity contribution in [3.63, 3.8) is 0 Å². The van der Waals surface area contributed by atoms with Crippen LogP contribution in [0, 0.1) is 0 Å². The predicted octanol–water partition coefficient (Wildman–Crippen LogP) is 5.61. The zero-order valence-corrected chi connectivity index (χ0v) is 14.8. The van der Waals surface area contributed by atoms with Gasteiger partial charge in [0.15, 0.2) is 0 Å². The van der Waals surface area contributed by atoms with Gasteiger partial charge in [-0.05, 0) is 47.6 Å². The lowest BCUT2D eigenvalue weighted by molar-refractivity contribution is 0.477. The number of hydrogen-bond acceptors (Lipinski definition) is 3. The van der Waals surface area contributed by atoms with Gasteiger partial charge >= 0.3 is 0 Å². The number of rotatable bonds is 5. The van der Waals surface area contributed by atoms with E-state index in [1.807, 2.05) is 19.2 Å². The lowest BCUT2D eigenvalue weighted by Crippen LogP contribution is -2.16. The minimum Gasteiger partial charge on any atom is -0.454 e. The van der Waals surface area contributed by atoms with Gasteiger partial charge in [0.1, 0.15) is 11.5 Å². The van der Waals surface area contributed by atoms with Gasteiger partial charge < -0.3 is 10.1 Å². The molecule has 1 aromatic carbocycles. The lowest BCUT2D eigenvalue weighted by Gasteiger charge is -2.14. The van der Waals surface area contributed by atoms with E-state index in [4.69, 9.17) is 27.9 Å². The van der Waals surface area contributed by atoms with Crippen LogP contribution in [-0.4, -0.2) is 12.0 Å². The first-order valence-corrected chi connectivity index (χ1v) is 8.05. The fraction of sp³-hybridized carbons (Fsp3) is 0.267. The second kappa shape index (κ2) is 7.45. The number of halogens is 3. The van der Waals surface area contributed by atoms with Crippen LogP contribution < -0.4 is 10.1 Å². The topological polar surface area (TPSA) is 34.1 Å². The molecule has 21 heavy (non-hydrogen) atoms. The van der Waals surface area contributed by atoms with Crippen LogP contribution in [0.1, 0.15) is 25.1 Å². The second-order valence-corrected chi connectivity index (χ2v) is 6.14. The number of benzene rings is 1. The molecule has 0 bridgehead atoms. The average molecular weight is 390 g/mol. The van der Waals surface area contributed by atoms with Gasteiger partial charge in [0.2, 0.25) is 0 Å². The van der Waals surface area contributed by atoms with E-state index in [9.17, 15) is 0 Å². The average Bonchev–Trinajstić information content (AvgIpc) is 2.48. The maximum absolute atomic E-state index is 6.13. The van der Waals surface area contributed by atoms with Gasteiger partial charge in [-0.25, -0.2) is 0 Å². The molecule has 0 amide bonds. The van der Waals surface area contributed by atoms with Gasteiger partial charge in [0, 0.05) is 16.6 Å². The van der Waals surface area contributed by atoms with E-state index in [1.165, 1.54) is 0 Å². The fourth-order valence-electron chi connectivity index (χ4n) is 1.93. The zero-order valence-electron chi connectivity index (χ0n) is 11.7. The van der Waals surface area contributed by atoms with E-state index in [2.05, 4.69) is 33.2 Å². The number of pyridine rings is 1. The van der Waals surface area contributed by atoms with Crippen molar-refractivity contribution in [2.75, 3.05) is 7.05 Å². The van der Waals surface area contributed by atoms with Gasteiger partial charge in [-0.3, -0.25) is 4.98 Å². The third-order valence-corrected chi connectivity index (χ3v) is 4.57. The molecule has 2 aromatic rings. The summed E-state index contributed by atoms with van der Waals surface area (Å²) in [5.74, 6) is 1.12. The maximum Gasteiger partial charge on any atom is 0.147 e. The summed E-state index contributed by atoms with van der Waals surface area (Å²) in [6.07, 6.45) is 2.65. The molecule has 1 aromatic heterocycles. The highest BCUT2D eigenvalue weighted by atomic mass is 79.9. The number of ether oxygens (including phenoxy) is 1. The largest absolute Gasteiger partial charge is 0.454 e. The Kier molecular flexibility index (Phi) is 5.88. The molecule has 6 heteroatoms. The first-order valence-electron chi connectivity index (χ1n) is 6.50. The van der Waals surface area contributed by atoms with Crippen molar-refractivity contribution in [2.45, 2.75) is 19.4 Å². The Morgan fingerprint density at radius 2 is 2.05 bits per heavy atom. The summed E-state index contributed by atoms with van der Waals surface area (Å²) in [5, 5.41) is 4.24. The van der Waals surface area contributed by atoms with E-state index >= 15 is 0 Å². The third kappa shape index (κ3) is 4.10. The Bertz CT molecular complexity index is 616. The Morgan fingerprint density at radius 1 is 1.29 bits per heavy atom. The van der Waals surface area contributed by atoms with Crippen LogP contribution in [0.5, 0.6) is 11.5 Å². The van der Waals surface area contributed by atoms with Crippen LogP contribution in [0.25, 0.3) is 0 Å². The van der Waals surface area contributed by atoms with Gasteiger partial charge in [-0.15, -0.1) is 0 Å². The van der Waals surface area contributed by atoms with E-state index in [0.29, 0.717) is 21.5 Å². The zero-order chi connectivity index (χ0) is 15.4. The van der Waals surface area contributed by atoms with Crippen molar-refractivity contribution >= 4 is 39.1 Å². The summed E-state index contributed by atoms with van der Waals surface area (Å²) in [6, 6.07) is 7.42. The van der Waals surface area contributed by atoms with E-state index in [-0.39, 0.29) is 6.04 Å². The quantitative estimate of drug-likeness (QED) is 0.674. The molecule has 0 aliphatic carbocycles. The van der Waals surface area contributed by atoms with Gasteiger partial charge in [-0.1, -0.05) is 30.1 Å². The molecule has 1 unspecified atom stereocenters. The molecule has 0 fully saturated rings. The smallest absolute Gasteiger partial charge is 0.147 e. The third-order valence-electron chi connectivity index (χ3n) is 3.08. The van der Waals surface area contributed by atoms with Gasteiger partial charge in [0.05, 0.1) is 21.9 Å². The summed E-state index contributed by atoms with van der Waals surface area (Å²) < 4.78 is 6.46. The highest BCUT2D eigenvalue weighted by Gasteiger charge is 2.10. The summed E-state index contributed by atoms with van der Waals surface area (Å²) in [5.41, 5.74) is 0.979. The Balaban J connectivity index is 2.19. The number of hydrogen-bond donors (Lipinski definition) is 1. The molecule has 0 aliphatic rings. The minimum absolute atomic E-state index is 0.241. The van der Waals surface area contributed by atoms with Crippen LogP contribution in [-0.2, 0) is 0 Å². The first kappa shape index (κ1) is 16.6. The van der Waals surface area contributed by atoms with Crippen molar-refractivity contribution < 1.29 is 4.74 Å². The molecular formula is C15H15BrCl2N2O. The Labute approximate surface area is 142 Å². The van der Waals surface area contributed by atoms with Crippen LogP contribution in [0.2, 0.25) is 10.0 Å². The number of nitrogens with one attached hydrogen (secondary N) is 1. The Hall–Kier alpha value is -0.810. The summed E-state index contributed by atoms with van der Waals surface area (Å²) in [6.45, 7) is 2.11. The molecule has 0 radical (unpaired) electrons. The van der Waals surface area contributed by atoms with Crippen LogP contribution in [0.15, 0.2) is 34.9 Å². The van der Waals surface area contributed by atoms with Crippen molar-refractivity contribution in [1.82, 2.24) is 10.3 Å². The molecule has 3 nitrogen and oxygen atoms in total. The summed E-state index contributed by atoms with van der Waals surface area (Å²) in [7, 11) is 1.92. The molecule has 112 valence electrons. The van der Waals surface area contributed by atoms with Gasteiger partial charge in [-0.2, -0.15) is 0 Å². The monoisotopic (exact) mass is 388 g/mol. The van der Waals surface area contributed by atoms with E-state index < -0.39 is 0 Å². The molecule has 0 aliphatic heterocycles. The summed E-state index contributed by atoms with van der Waals surface area (Å²) in [4.78, 5) is 4.41. The number of nitrogens with zero attached hydrogens (tertiary/aromatic N) is 1. The molecule has 1 atom stereocenters. The van der Waals surface area contributed by atoms with Crippen molar-refractivity contribution in [3.05, 3.63) is 50.7 Å². The van der Waals surface area contributed by atoms with Crippen LogP contribution >= 0.6 is 39.1 Å². The van der Waals surface area contributed by atoms with E-state index in [1.54, 1.807) is 18.3 Å². The van der Waals surface area contributed by atoms with Crippen LogP contribution in [0.3, 0.4) is 0 Å². The molecule has 1 N–H and O–H groups in total. The maximum atomic E-state index is 6.13. The highest BCUT2D eigenvalue weighted by molar-refractivity contribution is 9.10. The van der Waals surface area contributed by atoms with Gasteiger partial charge in [0.25, 0.3) is 0 Å². The molecule has 2 rings (SSSR count). The van der Waals surface area contributed by atoms with Crippen molar-refractivity contribution in [1.29, 1.82) is 0 Å². The molecule has 1 heterocycles. The second-order valence-electron chi connectivity index (χ2n) is 4.47. The molecule has 0 saturated heterocycles. The SMILES string of the molecule is CCC(NC)c1ccc(Oc2cc(Cl)c(Br)cc2Cl)cn1. The lowest BCUT2D eigenvalue weighted by atomic mass is 10.1. The fourth-order valence-corrected chi connectivity index (χ4v) is 2.76. The van der Waals surface area contributed by atoms with Crippen molar-refractivity contribution in [2.24, 2.45) is 0 Å². The van der Waals surface area contributed by atoms with Crippen LogP contribution in [0.4, 0.5) is 0 Å². The molecule has 0 spiro atoms. The predicted molar refractivity (Wildman–Crippen MR) is 90.6 cm³/mol. The normalized spacial score (nSPS) is 12.2.